The van der Waals surface area contributed by atoms with E-state index in [-0.39, 0.29) is 0 Å². The molecule has 4 nitrogen and oxygen atoms in total. The zero-order chi connectivity index (χ0) is 13.4. The first-order chi connectivity index (χ1) is 8.41. The number of halogens is 1. The van der Waals surface area contributed by atoms with Crippen molar-refractivity contribution in [1.82, 2.24) is 15.0 Å². The summed E-state index contributed by atoms with van der Waals surface area (Å²) in [5, 5.41) is 18.4. The van der Waals surface area contributed by atoms with Gasteiger partial charge in [0.25, 0.3) is 0 Å². The van der Waals surface area contributed by atoms with Crippen LogP contribution in [0.25, 0.3) is 0 Å². The van der Waals surface area contributed by atoms with E-state index in [1.165, 1.54) is 5.56 Å². The summed E-state index contributed by atoms with van der Waals surface area (Å²) in [5.41, 5.74) is 4.95. The Labute approximate surface area is 115 Å². The molecule has 96 valence electrons. The van der Waals surface area contributed by atoms with Gasteiger partial charge in [-0.2, -0.15) is 0 Å². The van der Waals surface area contributed by atoms with Crippen LogP contribution in [-0.2, 0) is 7.05 Å². The zero-order valence-corrected chi connectivity index (χ0v) is 12.5. The predicted octanol–water partition coefficient (Wildman–Crippen LogP) is 2.58. The molecule has 0 aliphatic rings. The minimum absolute atomic E-state index is 0.580. The molecule has 2 rings (SSSR count). The van der Waals surface area contributed by atoms with Crippen LogP contribution in [0.4, 0.5) is 0 Å². The molecule has 1 aromatic carbocycles. The van der Waals surface area contributed by atoms with E-state index in [2.05, 4.69) is 45.3 Å². The number of benzene rings is 1. The number of aromatic nitrogens is 3. The third kappa shape index (κ3) is 2.20. The standard InChI is InChI=1S/C13H16BrN3O/c1-7-5-8(2)10(9(3)6-7)12(18)11-13(14)15-16-17(11)4/h5-6,12,18H,1-4H3. The molecular weight excluding hydrogens is 294 g/mol. The average Bonchev–Trinajstić information content (AvgIpc) is 2.56. The third-order valence-corrected chi connectivity index (χ3v) is 3.66. The summed E-state index contributed by atoms with van der Waals surface area (Å²) >= 11 is 3.32. The van der Waals surface area contributed by atoms with Crippen molar-refractivity contribution in [1.29, 1.82) is 0 Å². The minimum atomic E-state index is -0.722. The van der Waals surface area contributed by atoms with Crippen LogP contribution in [0.5, 0.6) is 0 Å². The molecule has 0 bridgehead atoms. The third-order valence-electron chi connectivity index (χ3n) is 3.10. The maximum Gasteiger partial charge on any atom is 0.154 e. The summed E-state index contributed by atoms with van der Waals surface area (Å²) in [6.07, 6.45) is -0.722. The molecule has 0 aliphatic carbocycles. The van der Waals surface area contributed by atoms with Crippen molar-refractivity contribution in [3.63, 3.8) is 0 Å². The number of aliphatic hydroxyl groups excluding tert-OH is 1. The van der Waals surface area contributed by atoms with Crippen molar-refractivity contribution < 1.29 is 5.11 Å². The van der Waals surface area contributed by atoms with Crippen molar-refractivity contribution in [2.24, 2.45) is 7.05 Å². The lowest BCUT2D eigenvalue weighted by Crippen LogP contribution is -2.10. The van der Waals surface area contributed by atoms with Gasteiger partial charge in [0.2, 0.25) is 0 Å². The lowest BCUT2D eigenvalue weighted by Gasteiger charge is -2.17. The smallest absolute Gasteiger partial charge is 0.154 e. The largest absolute Gasteiger partial charge is 0.382 e. The molecule has 1 heterocycles. The van der Waals surface area contributed by atoms with Gasteiger partial charge in [-0.1, -0.05) is 22.9 Å². The van der Waals surface area contributed by atoms with Crippen LogP contribution >= 0.6 is 15.9 Å². The van der Waals surface area contributed by atoms with E-state index in [9.17, 15) is 5.11 Å². The second-order valence-corrected chi connectivity index (χ2v) is 5.36. The Hall–Kier alpha value is -1.20. The van der Waals surface area contributed by atoms with Crippen LogP contribution in [-0.4, -0.2) is 20.1 Å². The fourth-order valence-corrected chi connectivity index (χ4v) is 2.93. The maximum atomic E-state index is 10.6. The summed E-state index contributed by atoms with van der Waals surface area (Å²) in [6, 6.07) is 4.15. The van der Waals surface area contributed by atoms with Crippen molar-refractivity contribution in [3.8, 4) is 0 Å². The van der Waals surface area contributed by atoms with Gasteiger partial charge in [0.1, 0.15) is 11.8 Å². The number of nitrogens with zero attached hydrogens (tertiary/aromatic N) is 3. The first-order valence-electron chi connectivity index (χ1n) is 5.72. The summed E-state index contributed by atoms with van der Waals surface area (Å²) in [6.45, 7) is 6.07. The highest BCUT2D eigenvalue weighted by atomic mass is 79.9. The van der Waals surface area contributed by atoms with Gasteiger partial charge >= 0.3 is 0 Å². The van der Waals surface area contributed by atoms with Gasteiger partial charge < -0.3 is 5.11 Å². The van der Waals surface area contributed by atoms with Gasteiger partial charge in [0.15, 0.2) is 4.60 Å². The molecule has 1 N–H and O–H groups in total. The normalized spacial score (nSPS) is 12.8. The Balaban J connectivity index is 2.56. The topological polar surface area (TPSA) is 50.9 Å². The van der Waals surface area contributed by atoms with Gasteiger partial charge in [0, 0.05) is 7.05 Å². The van der Waals surface area contributed by atoms with E-state index in [1.807, 2.05) is 13.8 Å². The second-order valence-electron chi connectivity index (χ2n) is 4.60. The number of aliphatic hydroxyl groups is 1. The molecule has 0 spiro atoms. The Kier molecular flexibility index (Phi) is 3.54. The SMILES string of the molecule is Cc1cc(C)c(C(O)c2c(Br)nnn2C)c(C)c1. The minimum Gasteiger partial charge on any atom is -0.382 e. The molecule has 0 amide bonds. The highest BCUT2D eigenvalue weighted by Gasteiger charge is 2.22. The van der Waals surface area contributed by atoms with Crippen LogP contribution in [0.3, 0.4) is 0 Å². The van der Waals surface area contributed by atoms with E-state index >= 15 is 0 Å². The first kappa shape index (κ1) is 13.2. The van der Waals surface area contributed by atoms with E-state index in [0.29, 0.717) is 10.3 Å². The van der Waals surface area contributed by atoms with Crippen LogP contribution < -0.4 is 0 Å². The van der Waals surface area contributed by atoms with Crippen molar-refractivity contribution in [3.05, 3.63) is 44.7 Å². The lowest BCUT2D eigenvalue weighted by atomic mass is 9.94. The highest BCUT2D eigenvalue weighted by molar-refractivity contribution is 9.10. The molecule has 0 saturated heterocycles. The molecular formula is C13H16BrN3O. The van der Waals surface area contributed by atoms with Crippen LogP contribution in [0, 0.1) is 20.8 Å². The fraction of sp³-hybridized carbons (Fsp3) is 0.385. The molecule has 2 aromatic rings. The molecule has 1 atom stereocenters. The number of hydrogen-bond donors (Lipinski definition) is 1. The molecule has 0 saturated carbocycles. The summed E-state index contributed by atoms with van der Waals surface area (Å²) < 4.78 is 2.17. The average molecular weight is 310 g/mol. The number of hydrogen-bond acceptors (Lipinski definition) is 3. The monoisotopic (exact) mass is 309 g/mol. The first-order valence-corrected chi connectivity index (χ1v) is 6.52. The maximum absolute atomic E-state index is 10.6. The Morgan fingerprint density at radius 2 is 1.78 bits per heavy atom. The van der Waals surface area contributed by atoms with Crippen molar-refractivity contribution in [2.75, 3.05) is 0 Å². The van der Waals surface area contributed by atoms with E-state index in [0.717, 1.165) is 16.7 Å². The quantitative estimate of drug-likeness (QED) is 0.927. The van der Waals surface area contributed by atoms with Gasteiger partial charge in [-0.3, -0.25) is 0 Å². The number of aryl methyl sites for hydroxylation is 4. The van der Waals surface area contributed by atoms with Crippen LogP contribution in [0.15, 0.2) is 16.7 Å². The summed E-state index contributed by atoms with van der Waals surface area (Å²) in [7, 11) is 1.77. The fourth-order valence-electron chi connectivity index (χ4n) is 2.39. The lowest BCUT2D eigenvalue weighted by molar-refractivity contribution is 0.207. The molecule has 0 aliphatic heterocycles. The van der Waals surface area contributed by atoms with E-state index in [4.69, 9.17) is 0 Å². The summed E-state index contributed by atoms with van der Waals surface area (Å²) in [5.74, 6) is 0. The van der Waals surface area contributed by atoms with Crippen LogP contribution in [0.2, 0.25) is 0 Å². The van der Waals surface area contributed by atoms with Gasteiger partial charge in [0.05, 0.1) is 0 Å². The zero-order valence-electron chi connectivity index (χ0n) is 10.9. The molecule has 0 radical (unpaired) electrons. The highest BCUT2D eigenvalue weighted by Crippen LogP contribution is 2.31. The van der Waals surface area contributed by atoms with Gasteiger partial charge in [-0.05, 0) is 53.4 Å². The van der Waals surface area contributed by atoms with Gasteiger partial charge in [-0.25, -0.2) is 4.68 Å². The van der Waals surface area contributed by atoms with Crippen molar-refractivity contribution >= 4 is 15.9 Å². The predicted molar refractivity (Wildman–Crippen MR) is 73.4 cm³/mol. The molecule has 1 unspecified atom stereocenters. The van der Waals surface area contributed by atoms with Gasteiger partial charge in [-0.15, -0.1) is 5.10 Å². The van der Waals surface area contributed by atoms with Crippen LogP contribution in [0.1, 0.15) is 34.1 Å². The van der Waals surface area contributed by atoms with E-state index < -0.39 is 6.10 Å². The van der Waals surface area contributed by atoms with E-state index in [1.54, 1.807) is 11.7 Å². The summed E-state index contributed by atoms with van der Waals surface area (Å²) in [4.78, 5) is 0. The Bertz CT molecular complexity index is 549. The Morgan fingerprint density at radius 3 is 2.22 bits per heavy atom. The molecule has 1 aromatic heterocycles. The Morgan fingerprint density at radius 1 is 1.22 bits per heavy atom. The molecule has 0 fully saturated rings. The molecule has 5 heteroatoms. The second kappa shape index (κ2) is 4.82. The number of rotatable bonds is 2. The molecule has 18 heavy (non-hydrogen) atoms. The van der Waals surface area contributed by atoms with Crippen molar-refractivity contribution in [2.45, 2.75) is 26.9 Å².